The van der Waals surface area contributed by atoms with Gasteiger partial charge in [-0.15, -0.1) is 0 Å². The minimum Gasteiger partial charge on any atom is -0.507 e. The average Bonchev–Trinajstić information content (AvgIpc) is 2.77. The van der Waals surface area contributed by atoms with Crippen molar-refractivity contribution in [1.29, 1.82) is 0 Å². The molecular weight excluding hydrogens is 450 g/mol. The Balaban J connectivity index is 1.87. The van der Waals surface area contributed by atoms with Gasteiger partial charge < -0.3 is 9.52 Å². The van der Waals surface area contributed by atoms with Gasteiger partial charge in [-0.1, -0.05) is 69.2 Å². The van der Waals surface area contributed by atoms with Gasteiger partial charge in [-0.25, -0.2) is 18.4 Å². The lowest BCUT2D eigenvalue weighted by Crippen LogP contribution is -2.21. The Kier molecular flexibility index (Phi) is 6.96. The van der Waals surface area contributed by atoms with E-state index in [1.165, 1.54) is 6.07 Å². The summed E-state index contributed by atoms with van der Waals surface area (Å²) in [5.41, 5.74) is 2.46. The lowest BCUT2D eigenvalue weighted by atomic mass is 9.81. The van der Waals surface area contributed by atoms with Crippen LogP contribution >= 0.6 is 0 Å². The Morgan fingerprint density at radius 3 is 2.38 bits per heavy atom. The summed E-state index contributed by atoms with van der Waals surface area (Å²) in [6.45, 7) is 3.98. The molecule has 180 valence electrons. The van der Waals surface area contributed by atoms with Crippen LogP contribution < -0.4 is 10.8 Å². The topological polar surface area (TPSA) is 111 Å². The summed E-state index contributed by atoms with van der Waals surface area (Å²) < 4.78 is 30.1. The van der Waals surface area contributed by atoms with E-state index in [9.17, 15) is 18.3 Å². The summed E-state index contributed by atoms with van der Waals surface area (Å²) >= 11 is 0. The Labute approximate surface area is 200 Å². The fraction of sp³-hybridized carbons (Fsp3) is 0.370. The van der Waals surface area contributed by atoms with Crippen LogP contribution in [0, 0.1) is 5.92 Å². The van der Waals surface area contributed by atoms with Gasteiger partial charge in [-0.2, -0.15) is 0 Å². The first kappa shape index (κ1) is 24.2. The number of fused-ring (bicyclic) bond motifs is 1. The van der Waals surface area contributed by atoms with Crippen LogP contribution in [0.1, 0.15) is 67.9 Å². The fourth-order valence-corrected chi connectivity index (χ4v) is 5.79. The van der Waals surface area contributed by atoms with Gasteiger partial charge >= 0.3 is 5.63 Å². The van der Waals surface area contributed by atoms with Crippen LogP contribution in [0.25, 0.3) is 11.1 Å². The van der Waals surface area contributed by atoms with E-state index in [1.54, 1.807) is 18.2 Å². The largest absolute Gasteiger partial charge is 0.507 e. The van der Waals surface area contributed by atoms with E-state index in [0.717, 1.165) is 36.8 Å². The van der Waals surface area contributed by atoms with E-state index in [4.69, 9.17) is 9.56 Å². The predicted molar refractivity (Wildman–Crippen MR) is 132 cm³/mol. The number of rotatable bonds is 5. The third-order valence-corrected chi connectivity index (χ3v) is 7.59. The molecule has 0 radical (unpaired) electrons. The maximum absolute atomic E-state index is 13.1. The summed E-state index contributed by atoms with van der Waals surface area (Å²) in [5.74, 6) is 0.198. The second-order valence-electron chi connectivity index (χ2n) is 9.36. The Hall–Kier alpha value is -2.90. The molecule has 34 heavy (non-hydrogen) atoms. The smallest absolute Gasteiger partial charge is 0.343 e. The van der Waals surface area contributed by atoms with E-state index >= 15 is 0 Å². The molecule has 3 N–H and O–H groups in total. The molecule has 4 rings (SSSR count). The van der Waals surface area contributed by atoms with Crippen LogP contribution in [0.2, 0.25) is 0 Å². The van der Waals surface area contributed by atoms with Gasteiger partial charge in [0.15, 0.2) is 0 Å². The van der Waals surface area contributed by atoms with Crippen molar-refractivity contribution >= 4 is 10.0 Å². The molecule has 6 nitrogen and oxygen atoms in total. The fourth-order valence-electron chi connectivity index (χ4n) is 5.03. The van der Waals surface area contributed by atoms with Crippen molar-refractivity contribution in [1.82, 2.24) is 0 Å². The summed E-state index contributed by atoms with van der Waals surface area (Å²) in [6, 6.07) is 14.0. The number of primary sulfonamides is 1. The van der Waals surface area contributed by atoms with Crippen LogP contribution in [0.4, 0.5) is 0 Å². The van der Waals surface area contributed by atoms with Crippen LogP contribution in [0.5, 0.6) is 5.75 Å². The maximum atomic E-state index is 13.1. The Morgan fingerprint density at radius 1 is 0.971 bits per heavy atom. The van der Waals surface area contributed by atoms with Crippen molar-refractivity contribution in [3.8, 4) is 16.9 Å². The maximum Gasteiger partial charge on any atom is 0.343 e. The van der Waals surface area contributed by atoms with Crippen molar-refractivity contribution in [2.75, 3.05) is 0 Å². The highest BCUT2D eigenvalue weighted by Gasteiger charge is 2.29. The molecule has 0 amide bonds. The Morgan fingerprint density at radius 2 is 1.68 bits per heavy atom. The third kappa shape index (κ3) is 4.81. The van der Waals surface area contributed by atoms with Gasteiger partial charge in [0.1, 0.15) is 11.5 Å². The minimum absolute atomic E-state index is 0.0239. The predicted octanol–water partition coefficient (Wildman–Crippen LogP) is 5.11. The molecule has 0 saturated carbocycles. The first-order valence-electron chi connectivity index (χ1n) is 11.8. The summed E-state index contributed by atoms with van der Waals surface area (Å²) in [4.78, 5) is 13.2. The van der Waals surface area contributed by atoms with E-state index in [2.05, 4.69) is 0 Å². The molecule has 0 spiro atoms. The van der Waals surface area contributed by atoms with Gasteiger partial charge in [0, 0.05) is 23.5 Å². The average molecular weight is 482 g/mol. The first-order valence-corrected chi connectivity index (χ1v) is 13.3. The zero-order valence-electron chi connectivity index (χ0n) is 19.6. The van der Waals surface area contributed by atoms with E-state index in [0.29, 0.717) is 29.7 Å². The van der Waals surface area contributed by atoms with E-state index in [1.807, 2.05) is 38.1 Å². The third-order valence-electron chi connectivity index (χ3n) is 6.62. The number of hydrogen-bond donors (Lipinski definition) is 2. The van der Waals surface area contributed by atoms with Crippen molar-refractivity contribution in [2.24, 2.45) is 11.1 Å². The molecule has 1 unspecified atom stereocenters. The minimum atomic E-state index is -3.92. The lowest BCUT2D eigenvalue weighted by Gasteiger charge is -2.24. The van der Waals surface area contributed by atoms with Crippen LogP contribution in [-0.2, 0) is 22.9 Å². The molecule has 1 heterocycles. The number of nitrogens with two attached hydrogens (primary N) is 1. The molecule has 1 aromatic heterocycles. The van der Waals surface area contributed by atoms with Crippen LogP contribution in [0.15, 0.2) is 62.6 Å². The molecule has 0 saturated heterocycles. The second kappa shape index (κ2) is 9.76. The van der Waals surface area contributed by atoms with Gasteiger partial charge in [0.25, 0.3) is 0 Å². The number of benzene rings is 2. The highest BCUT2D eigenvalue weighted by Crippen LogP contribution is 2.40. The lowest BCUT2D eigenvalue weighted by molar-refractivity contribution is 0.376. The van der Waals surface area contributed by atoms with E-state index < -0.39 is 21.6 Å². The van der Waals surface area contributed by atoms with Crippen molar-refractivity contribution in [2.45, 2.75) is 63.2 Å². The molecule has 7 heteroatoms. The van der Waals surface area contributed by atoms with Gasteiger partial charge in [-0.05, 0) is 42.4 Å². The molecule has 1 aliphatic carbocycles. The highest BCUT2D eigenvalue weighted by molar-refractivity contribution is 7.89. The zero-order chi connectivity index (χ0) is 24.5. The van der Waals surface area contributed by atoms with Crippen LogP contribution in [-0.4, -0.2) is 13.5 Å². The normalized spacial score (nSPS) is 15.4. The molecule has 3 aromatic rings. The molecule has 2 aromatic carbocycles. The van der Waals surface area contributed by atoms with Gasteiger partial charge in [0.05, 0.1) is 10.5 Å². The Bertz CT molecular complexity index is 1360. The van der Waals surface area contributed by atoms with Crippen molar-refractivity contribution in [3.05, 3.63) is 81.4 Å². The molecule has 1 atom stereocenters. The SMILES string of the molecule is CC(C)C(c1cccc(-c2ccccc2S(N)(=O)=O)c1)c1c(O)c2c(oc1=O)CCCCCC2. The number of hydrogen-bond acceptors (Lipinski definition) is 5. The highest BCUT2D eigenvalue weighted by atomic mass is 32.2. The summed E-state index contributed by atoms with van der Waals surface area (Å²) in [7, 11) is -3.92. The molecule has 0 aliphatic heterocycles. The van der Waals surface area contributed by atoms with Crippen LogP contribution in [0.3, 0.4) is 0 Å². The molecular formula is C27H31NO5S. The first-order chi connectivity index (χ1) is 16.2. The zero-order valence-corrected chi connectivity index (χ0v) is 20.4. The molecule has 1 aliphatic rings. The van der Waals surface area contributed by atoms with Gasteiger partial charge in [0.2, 0.25) is 10.0 Å². The monoisotopic (exact) mass is 481 g/mol. The van der Waals surface area contributed by atoms with Gasteiger partial charge in [-0.3, -0.25) is 0 Å². The number of aryl methyl sites for hydroxylation is 1. The van der Waals surface area contributed by atoms with Crippen molar-refractivity contribution in [3.63, 3.8) is 0 Å². The number of sulfonamides is 1. The summed E-state index contributed by atoms with van der Waals surface area (Å²) in [6.07, 6.45) is 5.41. The standard InChI is InChI=1S/C27H31NO5S/c1-17(2)24(25-26(29)21-13-5-3-4-6-14-22(21)33-27(25)30)19-11-9-10-18(16-19)20-12-7-8-15-23(20)34(28,31)32/h7-12,15-17,24,29H,3-6,13-14H2,1-2H3,(H2,28,31,32). The van der Waals surface area contributed by atoms with E-state index in [-0.39, 0.29) is 22.1 Å². The number of aromatic hydroxyl groups is 1. The molecule has 0 bridgehead atoms. The van der Waals surface area contributed by atoms with Crippen molar-refractivity contribution < 1.29 is 17.9 Å². The second-order valence-corrected chi connectivity index (χ2v) is 10.9. The summed E-state index contributed by atoms with van der Waals surface area (Å²) in [5, 5.41) is 16.7. The molecule has 0 fully saturated rings. The quantitative estimate of drug-likeness (QED) is 0.526.